The number of anilines is 1. The van der Waals surface area contributed by atoms with Crippen molar-refractivity contribution in [2.75, 3.05) is 4.90 Å². The first kappa shape index (κ1) is 20.8. The van der Waals surface area contributed by atoms with Crippen LogP contribution in [0.4, 0.5) is 18.9 Å². The number of hydrogen-bond donors (Lipinski definition) is 2. The molecule has 3 aromatic rings. The highest BCUT2D eigenvalue weighted by Gasteiger charge is 2.56. The Labute approximate surface area is 186 Å². The number of thioether (sulfide) groups is 1. The fourth-order valence-corrected chi connectivity index (χ4v) is 6.68. The number of para-hydroxylation sites is 1. The van der Waals surface area contributed by atoms with Crippen molar-refractivity contribution < 1.29 is 27.9 Å². The van der Waals surface area contributed by atoms with Gasteiger partial charge in [-0.3, -0.25) is 14.4 Å². The summed E-state index contributed by atoms with van der Waals surface area (Å²) in [6.07, 6.45) is -4.63. The number of phenolic OH excluding ortho intramolecular Hbond substituents is 1. The Morgan fingerprint density at radius 1 is 1.00 bits per heavy atom. The fourth-order valence-electron chi connectivity index (χ4n) is 4.18. The van der Waals surface area contributed by atoms with Gasteiger partial charge in [0.05, 0.1) is 22.2 Å². The first-order valence-electron chi connectivity index (χ1n) is 9.39. The molecule has 164 valence electrons. The smallest absolute Gasteiger partial charge is 0.416 e. The van der Waals surface area contributed by atoms with E-state index in [1.807, 2.05) is 0 Å². The van der Waals surface area contributed by atoms with Crippen LogP contribution in [0.1, 0.15) is 21.9 Å². The van der Waals surface area contributed by atoms with Crippen molar-refractivity contribution in [1.29, 1.82) is 0 Å². The summed E-state index contributed by atoms with van der Waals surface area (Å²) in [5.41, 5.74) is -0.775. The number of phenols is 1. The summed E-state index contributed by atoms with van der Waals surface area (Å²) in [5.74, 6) is -3.23. The normalized spacial score (nSPS) is 22.7. The van der Waals surface area contributed by atoms with E-state index >= 15 is 0 Å². The van der Waals surface area contributed by atoms with Gasteiger partial charge in [-0.25, -0.2) is 4.90 Å². The van der Waals surface area contributed by atoms with E-state index < -0.39 is 40.6 Å². The third kappa shape index (κ3) is 3.15. The van der Waals surface area contributed by atoms with Crippen LogP contribution < -0.4 is 9.77 Å². The molecule has 11 heteroatoms. The first-order chi connectivity index (χ1) is 15.2. The topological polar surface area (TPSA) is 90.5 Å². The maximum atomic E-state index is 13.5. The number of aromatic amines is 1. The number of H-pyrrole nitrogens is 1. The summed E-state index contributed by atoms with van der Waals surface area (Å²) >= 11 is 1.89. The van der Waals surface area contributed by atoms with Crippen molar-refractivity contribution in [3.05, 3.63) is 74.2 Å². The second-order valence-electron chi connectivity index (χ2n) is 7.37. The number of rotatable bonds is 2. The second kappa shape index (κ2) is 7.24. The summed E-state index contributed by atoms with van der Waals surface area (Å²) in [7, 11) is 0. The van der Waals surface area contributed by atoms with Crippen molar-refractivity contribution in [3.8, 4) is 5.75 Å². The number of nitrogens with zero attached hydrogens (tertiary/aromatic N) is 1. The van der Waals surface area contributed by atoms with Crippen LogP contribution >= 0.6 is 23.1 Å². The van der Waals surface area contributed by atoms with Gasteiger partial charge in [0.25, 0.3) is 0 Å². The Bertz CT molecular complexity index is 1320. The average Bonchev–Trinajstić information content (AvgIpc) is 3.23. The van der Waals surface area contributed by atoms with Gasteiger partial charge in [-0.05, 0) is 24.3 Å². The molecule has 2 aromatic carbocycles. The van der Waals surface area contributed by atoms with Crippen LogP contribution in [-0.4, -0.2) is 27.2 Å². The molecule has 2 aliphatic heterocycles. The number of thiazole rings is 1. The lowest BCUT2D eigenvalue weighted by Gasteiger charge is -2.30. The number of nitrogens with one attached hydrogen (secondary N) is 1. The predicted molar refractivity (Wildman–Crippen MR) is 112 cm³/mol. The van der Waals surface area contributed by atoms with E-state index in [4.69, 9.17) is 0 Å². The number of carbonyl (C=O) groups is 2. The molecule has 2 N–H and O–H groups in total. The molecule has 1 aromatic heterocycles. The zero-order chi connectivity index (χ0) is 22.8. The van der Waals surface area contributed by atoms with E-state index in [9.17, 15) is 32.7 Å². The number of fused-ring (bicyclic) bond motifs is 2. The standard InChI is InChI=1S/C21H13F3N2O4S2/c22-21(23,24)9-4-3-5-10(8-9)26-18(28)14-13(11-6-1-2-7-12(11)27)15-17(25-20(30)32-15)31-16(14)19(26)29/h1-8,13-14,16,27H,(H,25,30)/t13-,14?,16?/m1/s1. The molecule has 0 radical (unpaired) electrons. The summed E-state index contributed by atoms with van der Waals surface area (Å²) in [4.78, 5) is 42.3. The Morgan fingerprint density at radius 3 is 2.47 bits per heavy atom. The van der Waals surface area contributed by atoms with E-state index in [1.54, 1.807) is 18.2 Å². The monoisotopic (exact) mass is 478 g/mol. The maximum absolute atomic E-state index is 13.5. The minimum absolute atomic E-state index is 0.104. The van der Waals surface area contributed by atoms with Gasteiger partial charge >= 0.3 is 11.0 Å². The Balaban J connectivity index is 1.64. The number of alkyl halides is 3. The van der Waals surface area contributed by atoms with Crippen LogP contribution in [0.25, 0.3) is 0 Å². The molecule has 0 saturated carbocycles. The SMILES string of the molecule is O=C1C2Sc3[nH]c(=O)sc3[C@H](c3ccccc3O)C2C(=O)N1c1cccc(C(F)(F)F)c1. The van der Waals surface area contributed by atoms with Crippen molar-refractivity contribution in [2.45, 2.75) is 22.4 Å². The van der Waals surface area contributed by atoms with Crippen LogP contribution in [0.2, 0.25) is 0 Å². The molecule has 0 aliphatic carbocycles. The number of amides is 2. The number of imide groups is 1. The number of hydrogen-bond acceptors (Lipinski definition) is 6. The Morgan fingerprint density at radius 2 is 1.75 bits per heavy atom. The molecule has 2 aliphatic rings. The van der Waals surface area contributed by atoms with Gasteiger partial charge in [0.1, 0.15) is 11.0 Å². The van der Waals surface area contributed by atoms with Gasteiger partial charge in [0.15, 0.2) is 0 Å². The zero-order valence-electron chi connectivity index (χ0n) is 15.9. The Hall–Kier alpha value is -3.05. The lowest BCUT2D eigenvalue weighted by atomic mass is 9.82. The van der Waals surface area contributed by atoms with Gasteiger partial charge in [0.2, 0.25) is 11.8 Å². The molecular formula is C21H13F3N2O4S2. The van der Waals surface area contributed by atoms with Crippen LogP contribution in [0, 0.1) is 5.92 Å². The van der Waals surface area contributed by atoms with E-state index in [0.29, 0.717) is 15.5 Å². The lowest BCUT2D eigenvalue weighted by molar-refractivity contribution is -0.137. The largest absolute Gasteiger partial charge is 0.508 e. The number of carbonyl (C=O) groups excluding carboxylic acids is 2. The second-order valence-corrected chi connectivity index (χ2v) is 9.54. The highest BCUT2D eigenvalue weighted by molar-refractivity contribution is 8.00. The lowest BCUT2D eigenvalue weighted by Crippen LogP contribution is -2.32. The van der Waals surface area contributed by atoms with Gasteiger partial charge < -0.3 is 10.1 Å². The Kier molecular flexibility index (Phi) is 4.71. The van der Waals surface area contributed by atoms with Crippen LogP contribution in [0.3, 0.4) is 0 Å². The first-order valence-corrected chi connectivity index (χ1v) is 11.1. The van der Waals surface area contributed by atoms with Crippen molar-refractivity contribution >= 4 is 40.6 Å². The van der Waals surface area contributed by atoms with Gasteiger partial charge in [-0.1, -0.05) is 47.4 Å². The molecule has 2 unspecified atom stereocenters. The minimum Gasteiger partial charge on any atom is -0.508 e. The summed E-state index contributed by atoms with van der Waals surface area (Å²) in [6, 6.07) is 10.4. The van der Waals surface area contributed by atoms with Crippen molar-refractivity contribution in [1.82, 2.24) is 4.98 Å². The summed E-state index contributed by atoms with van der Waals surface area (Å²) in [6.45, 7) is 0. The highest BCUT2D eigenvalue weighted by Crippen LogP contribution is 2.54. The molecule has 2 amide bonds. The van der Waals surface area contributed by atoms with E-state index in [2.05, 4.69) is 4.98 Å². The van der Waals surface area contributed by atoms with Crippen LogP contribution in [0.15, 0.2) is 58.4 Å². The third-order valence-electron chi connectivity index (χ3n) is 5.53. The fraction of sp³-hybridized carbons (Fsp3) is 0.190. The van der Waals surface area contributed by atoms with Crippen molar-refractivity contribution in [3.63, 3.8) is 0 Å². The molecule has 32 heavy (non-hydrogen) atoms. The summed E-state index contributed by atoms with van der Waals surface area (Å²) in [5, 5.41) is 9.91. The predicted octanol–water partition coefficient (Wildman–Crippen LogP) is 3.96. The minimum atomic E-state index is -4.63. The highest BCUT2D eigenvalue weighted by atomic mass is 32.2. The van der Waals surface area contributed by atoms with Gasteiger partial charge in [-0.2, -0.15) is 13.2 Å². The summed E-state index contributed by atoms with van der Waals surface area (Å²) < 4.78 is 39.6. The van der Waals surface area contributed by atoms with Gasteiger partial charge in [-0.15, -0.1) is 0 Å². The average molecular weight is 478 g/mol. The maximum Gasteiger partial charge on any atom is 0.416 e. The third-order valence-corrected chi connectivity index (χ3v) is 7.93. The molecule has 1 saturated heterocycles. The quantitative estimate of drug-likeness (QED) is 0.545. The molecule has 3 heterocycles. The van der Waals surface area contributed by atoms with E-state index in [0.717, 1.165) is 46.2 Å². The van der Waals surface area contributed by atoms with E-state index in [1.165, 1.54) is 12.1 Å². The molecule has 3 atom stereocenters. The zero-order valence-corrected chi connectivity index (χ0v) is 17.6. The van der Waals surface area contributed by atoms with Crippen LogP contribution in [-0.2, 0) is 15.8 Å². The molecule has 5 rings (SSSR count). The molecule has 1 fully saturated rings. The molecule has 0 spiro atoms. The number of aromatic nitrogens is 1. The van der Waals surface area contributed by atoms with Gasteiger partial charge in [0, 0.05) is 16.4 Å². The van der Waals surface area contributed by atoms with Crippen LogP contribution in [0.5, 0.6) is 5.75 Å². The number of aromatic hydroxyl groups is 1. The molecule has 0 bridgehead atoms. The van der Waals surface area contributed by atoms with Crippen molar-refractivity contribution in [2.24, 2.45) is 5.92 Å². The molecule has 6 nitrogen and oxygen atoms in total. The van der Waals surface area contributed by atoms with E-state index in [-0.39, 0.29) is 16.3 Å². The number of halogens is 3. The number of benzene rings is 2. The molecular weight excluding hydrogens is 465 g/mol.